The molecule has 2 aromatic carbocycles. The van der Waals surface area contributed by atoms with E-state index in [9.17, 15) is 14.9 Å². The van der Waals surface area contributed by atoms with Gasteiger partial charge in [-0.3, -0.25) is 14.9 Å². The number of carbonyl (C=O) groups excluding carboxylic acids is 1. The summed E-state index contributed by atoms with van der Waals surface area (Å²) in [6.07, 6.45) is 2.93. The van der Waals surface area contributed by atoms with Gasteiger partial charge in [-0.05, 0) is 43.3 Å². The number of nitro groups is 1. The highest BCUT2D eigenvalue weighted by Crippen LogP contribution is 2.28. The van der Waals surface area contributed by atoms with Gasteiger partial charge in [0.25, 0.3) is 5.69 Å². The number of hydrogen-bond donors (Lipinski definition) is 1. The van der Waals surface area contributed by atoms with Gasteiger partial charge >= 0.3 is 0 Å². The normalized spacial score (nSPS) is 10.7. The zero-order valence-electron chi connectivity index (χ0n) is 13.2. The van der Waals surface area contributed by atoms with E-state index in [1.807, 2.05) is 19.1 Å². The third-order valence-electron chi connectivity index (χ3n) is 3.10. The number of nitro benzene ring substituents is 1. The second-order valence-electron chi connectivity index (χ2n) is 4.86. The first-order valence-electron chi connectivity index (χ1n) is 7.26. The number of nitrogens with zero attached hydrogens (tertiary/aromatic N) is 1. The number of anilines is 1. The minimum Gasteiger partial charge on any atom is -0.493 e. The van der Waals surface area contributed by atoms with E-state index in [0.29, 0.717) is 12.4 Å². The van der Waals surface area contributed by atoms with Gasteiger partial charge in [0.1, 0.15) is 10.8 Å². The van der Waals surface area contributed by atoms with Crippen molar-refractivity contribution in [1.82, 2.24) is 0 Å². The summed E-state index contributed by atoms with van der Waals surface area (Å²) < 4.78 is 6.36. The Labute approximate surface area is 157 Å². The van der Waals surface area contributed by atoms with Crippen molar-refractivity contribution in [3.63, 3.8) is 0 Å². The molecule has 1 amide bonds. The van der Waals surface area contributed by atoms with Crippen molar-refractivity contribution in [1.29, 1.82) is 0 Å². The van der Waals surface area contributed by atoms with Gasteiger partial charge in [0.2, 0.25) is 5.91 Å². The summed E-state index contributed by atoms with van der Waals surface area (Å²) >= 11 is 9.11. The fourth-order valence-electron chi connectivity index (χ4n) is 2.02. The maximum Gasteiger partial charge on any atom is 0.289 e. The van der Waals surface area contributed by atoms with Gasteiger partial charge in [-0.15, -0.1) is 0 Å². The number of benzene rings is 2. The molecular weight excluding hydrogens is 412 g/mol. The Morgan fingerprint density at radius 3 is 2.80 bits per heavy atom. The Hall–Kier alpha value is -2.38. The van der Waals surface area contributed by atoms with Gasteiger partial charge in [-0.2, -0.15) is 0 Å². The van der Waals surface area contributed by atoms with Crippen LogP contribution in [0, 0.1) is 10.1 Å². The molecule has 0 aliphatic heterocycles. The maximum absolute atomic E-state index is 12.1. The quantitative estimate of drug-likeness (QED) is 0.398. The van der Waals surface area contributed by atoms with Gasteiger partial charge in [0.15, 0.2) is 0 Å². The zero-order chi connectivity index (χ0) is 18.4. The molecule has 0 saturated heterocycles. The summed E-state index contributed by atoms with van der Waals surface area (Å²) in [7, 11) is 0. The van der Waals surface area contributed by atoms with Crippen LogP contribution in [0.15, 0.2) is 46.9 Å². The van der Waals surface area contributed by atoms with E-state index in [1.165, 1.54) is 24.3 Å². The summed E-state index contributed by atoms with van der Waals surface area (Å²) in [5.74, 6) is 0.218. The summed E-state index contributed by atoms with van der Waals surface area (Å²) in [6, 6.07) is 9.52. The van der Waals surface area contributed by atoms with E-state index < -0.39 is 10.8 Å². The molecule has 0 aromatic heterocycles. The Morgan fingerprint density at radius 1 is 1.36 bits per heavy atom. The van der Waals surface area contributed by atoms with Crippen LogP contribution in [0.4, 0.5) is 11.4 Å². The van der Waals surface area contributed by atoms with E-state index in [0.717, 1.165) is 10.0 Å². The Bertz CT molecular complexity index is 839. The Kier molecular flexibility index (Phi) is 6.55. The summed E-state index contributed by atoms with van der Waals surface area (Å²) in [6.45, 7) is 2.37. The van der Waals surface area contributed by atoms with Crippen molar-refractivity contribution >= 4 is 50.9 Å². The maximum atomic E-state index is 12.1. The van der Waals surface area contributed by atoms with Crippen LogP contribution in [0.3, 0.4) is 0 Å². The van der Waals surface area contributed by atoms with Crippen LogP contribution in [-0.2, 0) is 4.79 Å². The molecule has 6 nitrogen and oxygen atoms in total. The van der Waals surface area contributed by atoms with Gasteiger partial charge in [0.05, 0.1) is 11.5 Å². The molecule has 0 bridgehead atoms. The number of rotatable bonds is 6. The van der Waals surface area contributed by atoms with Crippen molar-refractivity contribution in [2.45, 2.75) is 6.92 Å². The van der Waals surface area contributed by atoms with E-state index in [-0.39, 0.29) is 16.4 Å². The molecule has 0 saturated carbocycles. The first-order chi connectivity index (χ1) is 11.9. The van der Waals surface area contributed by atoms with E-state index in [2.05, 4.69) is 21.2 Å². The van der Waals surface area contributed by atoms with Crippen molar-refractivity contribution < 1.29 is 14.5 Å². The molecule has 25 heavy (non-hydrogen) atoms. The average molecular weight is 426 g/mol. The average Bonchev–Trinajstić information content (AvgIpc) is 2.56. The van der Waals surface area contributed by atoms with Gasteiger partial charge in [0, 0.05) is 27.9 Å². The van der Waals surface area contributed by atoms with Crippen LogP contribution in [0.25, 0.3) is 6.08 Å². The predicted octanol–water partition coefficient (Wildman–Crippen LogP) is 5.06. The van der Waals surface area contributed by atoms with Crippen LogP contribution >= 0.6 is 27.5 Å². The van der Waals surface area contributed by atoms with Crippen LogP contribution in [0.5, 0.6) is 5.75 Å². The van der Waals surface area contributed by atoms with Crippen LogP contribution in [-0.4, -0.2) is 17.4 Å². The molecule has 0 atom stereocenters. The zero-order valence-corrected chi connectivity index (χ0v) is 15.5. The summed E-state index contributed by atoms with van der Waals surface area (Å²) in [4.78, 5) is 22.3. The molecule has 2 rings (SSSR count). The molecule has 0 aliphatic rings. The molecule has 0 radical (unpaired) electrons. The topological polar surface area (TPSA) is 81.5 Å². The molecular formula is C17H14BrClN2O4. The lowest BCUT2D eigenvalue weighted by Crippen LogP contribution is -2.08. The summed E-state index contributed by atoms with van der Waals surface area (Å²) in [5, 5.41) is 13.4. The van der Waals surface area contributed by atoms with E-state index in [4.69, 9.17) is 16.3 Å². The lowest BCUT2D eigenvalue weighted by atomic mass is 10.2. The largest absolute Gasteiger partial charge is 0.493 e. The fraction of sp³-hybridized carbons (Fsp3) is 0.118. The third-order valence-corrected chi connectivity index (χ3v) is 3.91. The number of hydrogen-bond acceptors (Lipinski definition) is 4. The molecule has 0 heterocycles. The molecule has 8 heteroatoms. The molecule has 130 valence electrons. The number of amides is 1. The molecule has 0 aliphatic carbocycles. The van der Waals surface area contributed by atoms with Crippen molar-refractivity contribution in [2.24, 2.45) is 0 Å². The highest BCUT2D eigenvalue weighted by atomic mass is 79.9. The summed E-state index contributed by atoms with van der Waals surface area (Å²) in [5.41, 5.74) is 0.743. The fourth-order valence-corrected chi connectivity index (χ4v) is 2.58. The van der Waals surface area contributed by atoms with Crippen LogP contribution < -0.4 is 10.1 Å². The standard InChI is InChI=1S/C17H14BrClN2O4/c1-2-25-16-7-4-12(18)9-11(16)3-8-17(22)20-13-5-6-14(19)15(10-13)21(23)24/h3-10H,2H2,1H3,(H,20,22)/b8-3+. The van der Waals surface area contributed by atoms with Crippen molar-refractivity contribution in [3.8, 4) is 5.75 Å². The molecule has 0 spiro atoms. The first kappa shape index (κ1) is 19.0. The highest BCUT2D eigenvalue weighted by molar-refractivity contribution is 9.10. The lowest BCUT2D eigenvalue weighted by Gasteiger charge is -2.07. The Balaban J connectivity index is 2.15. The van der Waals surface area contributed by atoms with Crippen LogP contribution in [0.1, 0.15) is 12.5 Å². The number of carbonyl (C=O) groups is 1. The predicted molar refractivity (Wildman–Crippen MR) is 101 cm³/mol. The minimum absolute atomic E-state index is 0.00836. The number of halogens is 2. The third kappa shape index (κ3) is 5.30. The Morgan fingerprint density at radius 2 is 2.12 bits per heavy atom. The highest BCUT2D eigenvalue weighted by Gasteiger charge is 2.13. The van der Waals surface area contributed by atoms with Gasteiger partial charge in [-0.1, -0.05) is 27.5 Å². The lowest BCUT2D eigenvalue weighted by molar-refractivity contribution is -0.384. The second-order valence-corrected chi connectivity index (χ2v) is 6.18. The van der Waals surface area contributed by atoms with Crippen LogP contribution in [0.2, 0.25) is 5.02 Å². The number of nitrogens with one attached hydrogen (secondary N) is 1. The van der Waals surface area contributed by atoms with Gasteiger partial charge in [-0.25, -0.2) is 0 Å². The van der Waals surface area contributed by atoms with E-state index in [1.54, 1.807) is 12.1 Å². The number of ether oxygens (including phenoxy) is 1. The first-order valence-corrected chi connectivity index (χ1v) is 8.43. The molecule has 0 fully saturated rings. The smallest absolute Gasteiger partial charge is 0.289 e. The minimum atomic E-state index is -0.607. The molecule has 2 aromatic rings. The molecule has 0 unspecified atom stereocenters. The van der Waals surface area contributed by atoms with Gasteiger partial charge < -0.3 is 10.1 Å². The second kappa shape index (κ2) is 8.64. The SMILES string of the molecule is CCOc1ccc(Br)cc1/C=C/C(=O)Nc1ccc(Cl)c([N+](=O)[O-])c1. The van der Waals surface area contributed by atoms with Crippen molar-refractivity contribution in [3.05, 3.63) is 67.6 Å². The van der Waals surface area contributed by atoms with E-state index >= 15 is 0 Å². The molecule has 1 N–H and O–H groups in total. The monoisotopic (exact) mass is 424 g/mol. The van der Waals surface area contributed by atoms with Crippen molar-refractivity contribution in [2.75, 3.05) is 11.9 Å².